The zero-order valence-electron chi connectivity index (χ0n) is 15.6. The number of hydrogen-bond acceptors (Lipinski definition) is 6. The smallest absolute Gasteiger partial charge is 0.265 e. The topological polar surface area (TPSA) is 106 Å². The Balaban J connectivity index is 1.34. The van der Waals surface area contributed by atoms with E-state index in [1.165, 1.54) is 0 Å². The molecule has 1 aliphatic carbocycles. The SMILES string of the molecule is N[C@H](CC(=O)N1CCC[C@H]1c1noc(C2CC2)n1)CN1CC(F)(F)CCC1=O. The highest BCUT2D eigenvalue weighted by Gasteiger charge is 2.40. The van der Waals surface area contributed by atoms with Gasteiger partial charge in [0.15, 0.2) is 5.82 Å². The van der Waals surface area contributed by atoms with Crippen molar-refractivity contribution < 1.29 is 22.9 Å². The maximum atomic E-state index is 13.6. The van der Waals surface area contributed by atoms with Gasteiger partial charge >= 0.3 is 0 Å². The molecule has 10 heteroatoms. The fraction of sp³-hybridized carbons (Fsp3) is 0.778. The molecule has 0 radical (unpaired) electrons. The van der Waals surface area contributed by atoms with Gasteiger partial charge in [0.2, 0.25) is 17.7 Å². The van der Waals surface area contributed by atoms with Crippen LogP contribution in [0.3, 0.4) is 0 Å². The molecule has 2 N–H and O–H groups in total. The lowest BCUT2D eigenvalue weighted by atomic mass is 10.0. The monoisotopic (exact) mass is 397 g/mol. The van der Waals surface area contributed by atoms with E-state index in [-0.39, 0.29) is 37.2 Å². The van der Waals surface area contributed by atoms with Gasteiger partial charge in [-0.2, -0.15) is 4.98 Å². The maximum Gasteiger partial charge on any atom is 0.265 e. The van der Waals surface area contributed by atoms with Gasteiger partial charge in [0.25, 0.3) is 5.92 Å². The first-order chi connectivity index (χ1) is 13.3. The highest BCUT2D eigenvalue weighted by atomic mass is 19.3. The minimum absolute atomic E-state index is 0.0147. The largest absolute Gasteiger partial charge is 0.339 e. The molecule has 1 aromatic heterocycles. The summed E-state index contributed by atoms with van der Waals surface area (Å²) in [6.45, 7) is -0.107. The van der Waals surface area contributed by atoms with Crippen LogP contribution in [0.25, 0.3) is 0 Å². The molecule has 3 aliphatic rings. The molecule has 3 fully saturated rings. The third-order valence-corrected chi connectivity index (χ3v) is 5.63. The van der Waals surface area contributed by atoms with Gasteiger partial charge in [-0.1, -0.05) is 5.16 Å². The van der Waals surface area contributed by atoms with Gasteiger partial charge in [-0.25, -0.2) is 8.78 Å². The van der Waals surface area contributed by atoms with Gasteiger partial charge in [0.05, 0.1) is 12.6 Å². The van der Waals surface area contributed by atoms with E-state index in [1.807, 2.05) is 0 Å². The number of nitrogens with zero attached hydrogens (tertiary/aromatic N) is 4. The third kappa shape index (κ3) is 4.16. The average Bonchev–Trinajstić information content (AvgIpc) is 3.17. The Labute approximate surface area is 161 Å². The van der Waals surface area contributed by atoms with Crippen molar-refractivity contribution in [2.24, 2.45) is 5.73 Å². The van der Waals surface area contributed by atoms with Gasteiger partial charge in [-0.15, -0.1) is 0 Å². The van der Waals surface area contributed by atoms with Crippen LogP contribution in [0.15, 0.2) is 4.52 Å². The molecule has 2 saturated heterocycles. The Bertz CT molecular complexity index is 751. The quantitative estimate of drug-likeness (QED) is 0.781. The molecule has 8 nitrogen and oxygen atoms in total. The van der Waals surface area contributed by atoms with E-state index in [1.54, 1.807) is 4.90 Å². The lowest BCUT2D eigenvalue weighted by Crippen LogP contribution is -2.51. The predicted octanol–water partition coefficient (Wildman–Crippen LogP) is 1.59. The van der Waals surface area contributed by atoms with Gasteiger partial charge < -0.3 is 20.1 Å². The summed E-state index contributed by atoms with van der Waals surface area (Å²) in [6.07, 6.45) is 3.05. The number of alkyl halides is 2. The Morgan fingerprint density at radius 2 is 2.14 bits per heavy atom. The highest BCUT2D eigenvalue weighted by Crippen LogP contribution is 2.40. The van der Waals surface area contributed by atoms with Crippen molar-refractivity contribution in [2.75, 3.05) is 19.6 Å². The maximum absolute atomic E-state index is 13.6. The van der Waals surface area contributed by atoms with Crippen molar-refractivity contribution >= 4 is 11.8 Å². The van der Waals surface area contributed by atoms with E-state index in [0.29, 0.717) is 24.2 Å². The Morgan fingerprint density at radius 3 is 2.89 bits per heavy atom. The van der Waals surface area contributed by atoms with E-state index in [0.717, 1.165) is 30.6 Å². The van der Waals surface area contributed by atoms with Crippen LogP contribution in [0.5, 0.6) is 0 Å². The molecule has 1 saturated carbocycles. The Kier molecular flexibility index (Phi) is 5.07. The first-order valence-corrected chi connectivity index (χ1v) is 9.86. The number of aromatic nitrogens is 2. The summed E-state index contributed by atoms with van der Waals surface area (Å²) in [6, 6.07) is -0.934. The zero-order chi connectivity index (χ0) is 19.9. The van der Waals surface area contributed by atoms with E-state index >= 15 is 0 Å². The second kappa shape index (κ2) is 7.38. The molecule has 3 heterocycles. The lowest BCUT2D eigenvalue weighted by Gasteiger charge is -2.34. The number of rotatable bonds is 6. The predicted molar refractivity (Wildman–Crippen MR) is 93.3 cm³/mol. The summed E-state index contributed by atoms with van der Waals surface area (Å²) in [7, 11) is 0. The molecule has 2 amide bonds. The number of carbonyl (C=O) groups is 2. The van der Waals surface area contributed by atoms with Crippen molar-refractivity contribution in [3.63, 3.8) is 0 Å². The molecular weight excluding hydrogens is 372 g/mol. The minimum Gasteiger partial charge on any atom is -0.339 e. The fourth-order valence-electron chi connectivity index (χ4n) is 3.96. The van der Waals surface area contributed by atoms with Crippen LogP contribution in [-0.2, 0) is 9.59 Å². The molecule has 154 valence electrons. The highest BCUT2D eigenvalue weighted by molar-refractivity contribution is 5.79. The van der Waals surface area contributed by atoms with Crippen molar-refractivity contribution in [3.05, 3.63) is 11.7 Å². The number of amides is 2. The number of piperidine rings is 1. The van der Waals surface area contributed by atoms with Crippen molar-refractivity contribution in [3.8, 4) is 0 Å². The van der Waals surface area contributed by atoms with Crippen LogP contribution < -0.4 is 5.73 Å². The Hall–Kier alpha value is -2.10. The summed E-state index contributed by atoms with van der Waals surface area (Å²) in [5, 5.41) is 4.04. The number of halogens is 2. The Morgan fingerprint density at radius 1 is 1.36 bits per heavy atom. The lowest BCUT2D eigenvalue weighted by molar-refractivity contribution is -0.148. The van der Waals surface area contributed by atoms with Gasteiger partial charge in [0, 0.05) is 44.3 Å². The van der Waals surface area contributed by atoms with E-state index in [2.05, 4.69) is 10.1 Å². The molecule has 4 rings (SSSR count). The first kappa shape index (κ1) is 19.2. The van der Waals surface area contributed by atoms with E-state index in [4.69, 9.17) is 10.3 Å². The summed E-state index contributed by atoms with van der Waals surface area (Å²) >= 11 is 0. The van der Waals surface area contributed by atoms with Crippen molar-refractivity contribution in [2.45, 2.75) is 68.9 Å². The molecule has 2 atom stereocenters. The molecule has 2 aliphatic heterocycles. The zero-order valence-corrected chi connectivity index (χ0v) is 15.6. The van der Waals surface area contributed by atoms with Crippen LogP contribution in [0.1, 0.15) is 68.6 Å². The molecule has 0 spiro atoms. The number of hydrogen-bond donors (Lipinski definition) is 1. The van der Waals surface area contributed by atoms with Crippen LogP contribution in [-0.4, -0.2) is 63.4 Å². The third-order valence-electron chi connectivity index (χ3n) is 5.63. The normalized spacial score (nSPS) is 26.0. The summed E-state index contributed by atoms with van der Waals surface area (Å²) in [5.74, 6) is -1.91. The first-order valence-electron chi connectivity index (χ1n) is 9.86. The second-order valence-electron chi connectivity index (χ2n) is 8.10. The van der Waals surface area contributed by atoms with Crippen LogP contribution in [0, 0.1) is 0 Å². The molecule has 28 heavy (non-hydrogen) atoms. The summed E-state index contributed by atoms with van der Waals surface area (Å²) in [5.41, 5.74) is 6.02. The molecule has 0 aromatic carbocycles. The number of likely N-dealkylation sites (tertiary alicyclic amines) is 2. The minimum atomic E-state index is -2.89. The van der Waals surface area contributed by atoms with Gasteiger partial charge in [-0.3, -0.25) is 9.59 Å². The standard InChI is InChI=1S/C18H25F2N5O3/c19-18(20)6-5-14(26)24(10-18)9-12(21)8-15(27)25-7-1-2-13(25)16-22-17(28-23-16)11-3-4-11/h11-13H,1-10,21H2/t12-,13+/m1/s1. The van der Waals surface area contributed by atoms with Gasteiger partial charge in [0.1, 0.15) is 0 Å². The molecule has 0 bridgehead atoms. The fourth-order valence-corrected chi connectivity index (χ4v) is 3.96. The summed E-state index contributed by atoms with van der Waals surface area (Å²) in [4.78, 5) is 31.8. The van der Waals surface area contributed by atoms with Crippen LogP contribution in [0.4, 0.5) is 8.78 Å². The average molecular weight is 397 g/mol. The van der Waals surface area contributed by atoms with Crippen molar-refractivity contribution in [1.82, 2.24) is 19.9 Å². The molecule has 0 unspecified atom stereocenters. The van der Waals surface area contributed by atoms with Crippen LogP contribution in [0.2, 0.25) is 0 Å². The summed E-state index contributed by atoms with van der Waals surface area (Å²) < 4.78 is 32.4. The molecular formula is C18H25F2N5O3. The van der Waals surface area contributed by atoms with E-state index in [9.17, 15) is 18.4 Å². The number of nitrogens with two attached hydrogens (primary N) is 1. The van der Waals surface area contributed by atoms with Crippen LogP contribution >= 0.6 is 0 Å². The molecule has 1 aromatic rings. The number of carbonyl (C=O) groups excluding carboxylic acids is 2. The van der Waals surface area contributed by atoms with Gasteiger partial charge in [-0.05, 0) is 25.7 Å². The van der Waals surface area contributed by atoms with E-state index < -0.39 is 24.9 Å². The van der Waals surface area contributed by atoms with Crippen molar-refractivity contribution in [1.29, 1.82) is 0 Å². The second-order valence-corrected chi connectivity index (χ2v) is 8.10.